The van der Waals surface area contributed by atoms with Gasteiger partial charge in [0, 0.05) is 5.41 Å². The topological polar surface area (TPSA) is 26.3 Å². The summed E-state index contributed by atoms with van der Waals surface area (Å²) < 4.78 is 5.41. The van der Waals surface area contributed by atoms with Gasteiger partial charge in [0.1, 0.15) is 6.10 Å². The lowest BCUT2D eigenvalue weighted by atomic mass is 9.67. The molecule has 1 unspecified atom stereocenters. The molecule has 1 heterocycles. The summed E-state index contributed by atoms with van der Waals surface area (Å²) in [5.74, 6) is 0.837. The van der Waals surface area contributed by atoms with Crippen molar-refractivity contribution in [1.29, 1.82) is 0 Å². The first kappa shape index (κ1) is 7.84. The number of esters is 1. The van der Waals surface area contributed by atoms with Crippen molar-refractivity contribution >= 4 is 5.97 Å². The van der Waals surface area contributed by atoms with E-state index in [0.717, 1.165) is 12.3 Å². The van der Waals surface area contributed by atoms with E-state index < -0.39 is 0 Å². The molecule has 1 aliphatic heterocycles. The van der Waals surface area contributed by atoms with E-state index in [1.54, 1.807) is 0 Å². The highest BCUT2D eigenvalue weighted by atomic mass is 16.6. The highest BCUT2D eigenvalue weighted by Gasteiger charge is 2.68. The molecule has 0 aromatic heterocycles. The fraction of sp³-hybridized carbons (Fsp3) is 0.909. The lowest BCUT2D eigenvalue weighted by Crippen LogP contribution is -2.34. The molecule has 2 saturated carbocycles. The van der Waals surface area contributed by atoms with Gasteiger partial charge in [0.2, 0.25) is 0 Å². The molecule has 2 nitrogen and oxygen atoms in total. The average Bonchev–Trinajstić information content (AvgIpc) is 2.55. The van der Waals surface area contributed by atoms with Crippen molar-refractivity contribution in [2.75, 3.05) is 0 Å². The predicted molar refractivity (Wildman–Crippen MR) is 48.1 cm³/mol. The summed E-state index contributed by atoms with van der Waals surface area (Å²) in [5, 5.41) is 0. The maximum atomic E-state index is 11.3. The minimum atomic E-state index is 0.0402. The molecule has 2 heteroatoms. The molecule has 0 N–H and O–H groups in total. The summed E-state index contributed by atoms with van der Waals surface area (Å²) in [7, 11) is 0. The van der Waals surface area contributed by atoms with Crippen molar-refractivity contribution in [2.24, 2.45) is 16.7 Å². The van der Waals surface area contributed by atoms with Gasteiger partial charge < -0.3 is 4.74 Å². The minimum absolute atomic E-state index is 0.0402. The number of ether oxygens (including phenoxy) is 1. The maximum absolute atomic E-state index is 11.3. The summed E-state index contributed by atoms with van der Waals surface area (Å²) in [6.07, 6.45) is 4.58. The second kappa shape index (κ2) is 1.94. The average molecular weight is 180 g/mol. The molecule has 3 fully saturated rings. The van der Waals surface area contributed by atoms with Gasteiger partial charge in [-0.25, -0.2) is 0 Å². The Morgan fingerprint density at radius 1 is 1.46 bits per heavy atom. The van der Waals surface area contributed by atoms with Crippen LogP contribution >= 0.6 is 0 Å². The molecule has 0 aromatic carbocycles. The van der Waals surface area contributed by atoms with Crippen molar-refractivity contribution in [1.82, 2.24) is 0 Å². The highest BCUT2D eigenvalue weighted by Crippen LogP contribution is 2.70. The molecule has 3 aliphatic rings. The predicted octanol–water partition coefficient (Wildman–Crippen LogP) is 2.13. The summed E-state index contributed by atoms with van der Waals surface area (Å²) in [6.45, 7) is 4.65. The fourth-order valence-corrected chi connectivity index (χ4v) is 4.04. The Hall–Kier alpha value is -0.530. The minimum Gasteiger partial charge on any atom is -0.462 e. The van der Waals surface area contributed by atoms with Gasteiger partial charge in [-0.15, -0.1) is 0 Å². The molecule has 72 valence electrons. The number of carbonyl (C=O) groups excluding carboxylic acids is 1. The van der Waals surface area contributed by atoms with Crippen molar-refractivity contribution < 1.29 is 9.53 Å². The zero-order chi connectivity index (χ0) is 9.27. The third kappa shape index (κ3) is 0.660. The van der Waals surface area contributed by atoms with Crippen molar-refractivity contribution in [3.63, 3.8) is 0 Å². The first-order valence-electron chi connectivity index (χ1n) is 5.26. The normalized spacial score (nSPS) is 50.8. The van der Waals surface area contributed by atoms with E-state index in [2.05, 4.69) is 13.8 Å². The number of hydrogen-bond acceptors (Lipinski definition) is 2. The van der Waals surface area contributed by atoms with E-state index in [4.69, 9.17) is 4.74 Å². The van der Waals surface area contributed by atoms with Gasteiger partial charge in [-0.05, 0) is 30.6 Å². The quantitative estimate of drug-likeness (QED) is 0.534. The van der Waals surface area contributed by atoms with E-state index in [9.17, 15) is 4.79 Å². The van der Waals surface area contributed by atoms with Crippen LogP contribution in [0.5, 0.6) is 0 Å². The van der Waals surface area contributed by atoms with E-state index in [-0.39, 0.29) is 17.5 Å². The largest absolute Gasteiger partial charge is 0.462 e. The van der Waals surface area contributed by atoms with Crippen LogP contribution in [0.3, 0.4) is 0 Å². The molecule has 2 aliphatic carbocycles. The molecule has 13 heavy (non-hydrogen) atoms. The van der Waals surface area contributed by atoms with Crippen molar-refractivity contribution in [2.45, 2.75) is 45.6 Å². The Balaban J connectivity index is 2.09. The van der Waals surface area contributed by atoms with E-state index in [0.29, 0.717) is 11.8 Å². The molecular formula is C11H16O2. The number of fused-ring (bicyclic) bond motifs is 1. The molecule has 0 amide bonds. The van der Waals surface area contributed by atoms with Gasteiger partial charge in [-0.3, -0.25) is 4.79 Å². The third-order valence-corrected chi connectivity index (χ3v) is 5.09. The van der Waals surface area contributed by atoms with Crippen LogP contribution in [-0.4, -0.2) is 12.1 Å². The number of hydrogen-bond donors (Lipinski definition) is 0. The first-order chi connectivity index (χ1) is 6.06. The van der Waals surface area contributed by atoms with Crippen LogP contribution in [0.4, 0.5) is 0 Å². The highest BCUT2D eigenvalue weighted by molar-refractivity contribution is 5.74. The molecule has 2 bridgehead atoms. The van der Waals surface area contributed by atoms with Gasteiger partial charge in [0.05, 0.1) is 6.42 Å². The SMILES string of the molecule is CC1(C)C2CC[C@]13CC(=O)O[C@@H]3C2. The monoisotopic (exact) mass is 180 g/mol. The van der Waals surface area contributed by atoms with Crippen LogP contribution < -0.4 is 0 Å². The third-order valence-electron chi connectivity index (χ3n) is 5.09. The number of carbonyl (C=O) groups is 1. The molecule has 0 radical (unpaired) electrons. The molecule has 1 saturated heterocycles. The van der Waals surface area contributed by atoms with Crippen LogP contribution in [0.15, 0.2) is 0 Å². The second-order valence-corrected chi connectivity index (χ2v) is 5.50. The molecular weight excluding hydrogens is 164 g/mol. The van der Waals surface area contributed by atoms with Gasteiger partial charge in [-0.2, -0.15) is 0 Å². The fourth-order valence-electron chi connectivity index (χ4n) is 4.04. The summed E-state index contributed by atoms with van der Waals surface area (Å²) in [6, 6.07) is 0. The van der Waals surface area contributed by atoms with E-state index in [1.807, 2.05) is 0 Å². The van der Waals surface area contributed by atoms with Crippen molar-refractivity contribution in [3.05, 3.63) is 0 Å². The van der Waals surface area contributed by atoms with Crippen LogP contribution in [0, 0.1) is 16.7 Å². The lowest BCUT2D eigenvalue weighted by Gasteiger charge is -2.35. The Labute approximate surface area is 78.6 Å². The van der Waals surface area contributed by atoms with E-state index in [1.165, 1.54) is 12.8 Å². The molecule has 3 rings (SSSR count). The Bertz CT molecular complexity index is 282. The Morgan fingerprint density at radius 3 is 2.85 bits per heavy atom. The van der Waals surface area contributed by atoms with Gasteiger partial charge >= 0.3 is 5.97 Å². The van der Waals surface area contributed by atoms with Gasteiger partial charge in [0.25, 0.3) is 0 Å². The molecule has 1 spiro atoms. The van der Waals surface area contributed by atoms with Crippen LogP contribution in [0.1, 0.15) is 39.5 Å². The summed E-state index contributed by atoms with van der Waals surface area (Å²) >= 11 is 0. The first-order valence-corrected chi connectivity index (χ1v) is 5.26. The van der Waals surface area contributed by atoms with Crippen LogP contribution in [-0.2, 0) is 9.53 Å². The summed E-state index contributed by atoms with van der Waals surface area (Å²) in [4.78, 5) is 11.3. The summed E-state index contributed by atoms with van der Waals surface area (Å²) in [5.41, 5.74) is 0.554. The smallest absolute Gasteiger partial charge is 0.306 e. The van der Waals surface area contributed by atoms with Crippen molar-refractivity contribution in [3.8, 4) is 0 Å². The van der Waals surface area contributed by atoms with E-state index >= 15 is 0 Å². The standard InChI is InChI=1S/C11H16O2/c1-10(2)7-3-4-11(10)6-9(12)13-8(11)5-7/h7-8H,3-6H2,1-2H3/t7?,8-,11-/m1/s1. The van der Waals surface area contributed by atoms with Gasteiger partial charge in [0.15, 0.2) is 0 Å². The second-order valence-electron chi connectivity index (χ2n) is 5.50. The zero-order valence-corrected chi connectivity index (χ0v) is 8.30. The van der Waals surface area contributed by atoms with Crippen LogP contribution in [0.2, 0.25) is 0 Å². The lowest BCUT2D eigenvalue weighted by molar-refractivity contribution is -0.142. The Kier molecular flexibility index (Phi) is 1.17. The maximum Gasteiger partial charge on any atom is 0.306 e. The Morgan fingerprint density at radius 2 is 2.23 bits per heavy atom. The molecule has 0 aromatic rings. The zero-order valence-electron chi connectivity index (χ0n) is 8.30. The number of rotatable bonds is 0. The molecule has 3 atom stereocenters. The van der Waals surface area contributed by atoms with Gasteiger partial charge in [-0.1, -0.05) is 13.8 Å². The van der Waals surface area contributed by atoms with Crippen LogP contribution in [0.25, 0.3) is 0 Å².